The van der Waals surface area contributed by atoms with Crippen molar-refractivity contribution in [1.82, 2.24) is 25.3 Å². The van der Waals surface area contributed by atoms with Crippen molar-refractivity contribution in [3.05, 3.63) is 77.7 Å². The first kappa shape index (κ1) is 19.2. The van der Waals surface area contributed by atoms with Gasteiger partial charge in [0.2, 0.25) is 0 Å². The molecule has 0 saturated carbocycles. The lowest BCUT2D eigenvalue weighted by Crippen LogP contribution is -2.69. The van der Waals surface area contributed by atoms with E-state index in [-0.39, 0.29) is 11.2 Å². The fourth-order valence-corrected chi connectivity index (χ4v) is 6.21. The number of hydrogen-bond acceptors (Lipinski definition) is 4. The van der Waals surface area contributed by atoms with E-state index in [2.05, 4.69) is 55.6 Å². The third-order valence-electron chi connectivity index (χ3n) is 7.51. The van der Waals surface area contributed by atoms with E-state index in [1.54, 1.807) is 0 Å². The van der Waals surface area contributed by atoms with Gasteiger partial charge < -0.3 is 15.1 Å². The number of nitrogens with zero attached hydrogens (tertiary/aromatic N) is 3. The number of aromatic nitrogens is 2. The van der Waals surface area contributed by atoms with Gasteiger partial charge in [0, 0.05) is 74.3 Å². The van der Waals surface area contributed by atoms with Crippen LogP contribution in [0.5, 0.6) is 0 Å². The SMILES string of the molecule is Fc1ccc(-c2[nH]ncc2CNC2C3CN4CCN(C3)CC2(c2ccccc2)C4)cc1. The number of halogens is 1. The van der Waals surface area contributed by atoms with Gasteiger partial charge in [0.05, 0.1) is 11.9 Å². The molecule has 5 nitrogen and oxygen atoms in total. The minimum atomic E-state index is -0.220. The zero-order valence-electron chi connectivity index (χ0n) is 17.6. The van der Waals surface area contributed by atoms with Crippen LogP contribution in [0.1, 0.15) is 11.1 Å². The Hall–Kier alpha value is -2.54. The standard InChI is InChI=1S/C25H28FN5/c26-22-8-6-18(7-9-22)23-19(13-28-29-23)12-27-24-20-14-30-10-11-31(15-20)17-25(24,16-30)21-4-2-1-3-5-21/h1-9,13,20,24,27H,10-12,14-17H2,(H,28,29). The maximum atomic E-state index is 13.4. The minimum Gasteiger partial charge on any atom is -0.308 e. The summed E-state index contributed by atoms with van der Waals surface area (Å²) in [6.07, 6.45) is 1.90. The average molecular weight is 418 g/mol. The molecule has 3 atom stereocenters. The Morgan fingerprint density at radius 3 is 2.42 bits per heavy atom. The molecule has 0 amide bonds. The summed E-state index contributed by atoms with van der Waals surface area (Å²) in [6, 6.07) is 18.1. The molecule has 0 spiro atoms. The molecular weight excluding hydrogens is 389 g/mol. The van der Waals surface area contributed by atoms with Crippen molar-refractivity contribution in [2.24, 2.45) is 5.92 Å². The minimum absolute atomic E-state index is 0.0959. The van der Waals surface area contributed by atoms with Gasteiger partial charge in [-0.15, -0.1) is 0 Å². The molecule has 4 aliphatic rings. The van der Waals surface area contributed by atoms with Crippen LogP contribution in [0, 0.1) is 11.7 Å². The van der Waals surface area contributed by atoms with Gasteiger partial charge in [-0.1, -0.05) is 30.3 Å². The van der Waals surface area contributed by atoms with Gasteiger partial charge in [0.15, 0.2) is 0 Å². The number of H-pyrrole nitrogens is 1. The number of piperidine rings is 2. The summed E-state index contributed by atoms with van der Waals surface area (Å²) in [7, 11) is 0. The molecule has 3 aromatic rings. The predicted molar refractivity (Wildman–Crippen MR) is 119 cm³/mol. The summed E-state index contributed by atoms with van der Waals surface area (Å²) in [4.78, 5) is 5.34. The van der Waals surface area contributed by atoms with Crippen molar-refractivity contribution in [2.75, 3.05) is 39.3 Å². The summed E-state index contributed by atoms with van der Waals surface area (Å²) in [5.74, 6) is 0.383. The Morgan fingerprint density at radius 1 is 1.00 bits per heavy atom. The quantitative estimate of drug-likeness (QED) is 0.670. The Balaban J connectivity index is 1.31. The number of aromatic amines is 1. The Kier molecular flexibility index (Phi) is 4.67. The molecule has 4 aliphatic heterocycles. The summed E-state index contributed by atoms with van der Waals surface area (Å²) in [6.45, 7) is 7.65. The highest BCUT2D eigenvalue weighted by Crippen LogP contribution is 2.43. The molecule has 0 radical (unpaired) electrons. The van der Waals surface area contributed by atoms with Crippen LogP contribution in [0.15, 0.2) is 60.8 Å². The predicted octanol–water partition coefficient (Wildman–Crippen LogP) is 2.87. The third kappa shape index (κ3) is 3.30. The number of fused-ring (bicyclic) bond motifs is 1. The first-order valence-electron chi connectivity index (χ1n) is 11.2. The molecule has 4 saturated heterocycles. The molecule has 4 fully saturated rings. The van der Waals surface area contributed by atoms with Gasteiger partial charge in [0.25, 0.3) is 0 Å². The Bertz CT molecular complexity index is 1030. The summed E-state index contributed by atoms with van der Waals surface area (Å²) < 4.78 is 13.4. The Morgan fingerprint density at radius 2 is 1.71 bits per heavy atom. The second-order valence-electron chi connectivity index (χ2n) is 9.39. The van der Waals surface area contributed by atoms with Gasteiger partial charge in [-0.05, 0) is 29.8 Å². The van der Waals surface area contributed by atoms with Crippen LogP contribution in [-0.2, 0) is 12.0 Å². The van der Waals surface area contributed by atoms with Crippen LogP contribution < -0.4 is 5.32 Å². The van der Waals surface area contributed by atoms with E-state index in [9.17, 15) is 4.39 Å². The molecule has 0 aliphatic carbocycles. The third-order valence-corrected chi connectivity index (χ3v) is 7.51. The van der Waals surface area contributed by atoms with E-state index < -0.39 is 0 Å². The molecular formula is C25H28FN5. The van der Waals surface area contributed by atoms with Crippen LogP contribution in [0.4, 0.5) is 4.39 Å². The lowest BCUT2D eigenvalue weighted by molar-refractivity contribution is 0.0175. The van der Waals surface area contributed by atoms with Crippen molar-refractivity contribution in [3.63, 3.8) is 0 Å². The zero-order valence-corrected chi connectivity index (χ0v) is 17.6. The largest absolute Gasteiger partial charge is 0.308 e. The number of benzene rings is 2. The highest BCUT2D eigenvalue weighted by molar-refractivity contribution is 5.62. The summed E-state index contributed by atoms with van der Waals surface area (Å²) in [5, 5.41) is 11.4. The average Bonchev–Trinajstić information content (AvgIpc) is 3.12. The lowest BCUT2D eigenvalue weighted by atomic mass is 9.64. The molecule has 160 valence electrons. The summed E-state index contributed by atoms with van der Waals surface area (Å²) >= 11 is 0. The zero-order chi connectivity index (χ0) is 20.8. The van der Waals surface area contributed by atoms with E-state index in [1.807, 2.05) is 18.3 Å². The van der Waals surface area contributed by atoms with Gasteiger partial charge in [-0.3, -0.25) is 5.10 Å². The molecule has 2 N–H and O–H groups in total. The van der Waals surface area contributed by atoms with Gasteiger partial charge in [0.1, 0.15) is 5.82 Å². The Labute approximate surface area is 182 Å². The normalized spacial score (nSPS) is 31.6. The van der Waals surface area contributed by atoms with E-state index in [0.717, 1.165) is 36.5 Å². The first-order valence-corrected chi connectivity index (χ1v) is 11.2. The lowest BCUT2D eigenvalue weighted by Gasteiger charge is -2.56. The number of nitrogens with one attached hydrogen (secondary N) is 2. The second kappa shape index (κ2) is 7.55. The van der Waals surface area contributed by atoms with Crippen molar-refractivity contribution in [1.29, 1.82) is 0 Å². The van der Waals surface area contributed by atoms with E-state index in [0.29, 0.717) is 12.0 Å². The molecule has 3 unspecified atom stereocenters. The van der Waals surface area contributed by atoms with Crippen LogP contribution >= 0.6 is 0 Å². The second-order valence-corrected chi connectivity index (χ2v) is 9.39. The van der Waals surface area contributed by atoms with E-state index in [4.69, 9.17) is 0 Å². The molecule has 4 bridgehead atoms. The number of rotatable bonds is 5. The summed E-state index contributed by atoms with van der Waals surface area (Å²) in [5.41, 5.74) is 4.60. The van der Waals surface area contributed by atoms with Gasteiger partial charge >= 0.3 is 0 Å². The van der Waals surface area contributed by atoms with Crippen molar-refractivity contribution < 1.29 is 4.39 Å². The van der Waals surface area contributed by atoms with Crippen molar-refractivity contribution in [3.8, 4) is 11.3 Å². The van der Waals surface area contributed by atoms with Crippen LogP contribution in [0.25, 0.3) is 11.3 Å². The molecule has 31 heavy (non-hydrogen) atoms. The first-order chi connectivity index (χ1) is 15.2. The van der Waals surface area contributed by atoms with Gasteiger partial charge in [-0.25, -0.2) is 4.39 Å². The molecule has 5 heterocycles. The van der Waals surface area contributed by atoms with Crippen molar-refractivity contribution in [2.45, 2.75) is 18.0 Å². The smallest absolute Gasteiger partial charge is 0.123 e. The van der Waals surface area contributed by atoms with E-state index in [1.165, 1.54) is 43.9 Å². The van der Waals surface area contributed by atoms with Crippen LogP contribution in [0.3, 0.4) is 0 Å². The maximum Gasteiger partial charge on any atom is 0.123 e. The maximum absolute atomic E-state index is 13.4. The fourth-order valence-electron chi connectivity index (χ4n) is 6.21. The topological polar surface area (TPSA) is 47.2 Å². The van der Waals surface area contributed by atoms with E-state index >= 15 is 0 Å². The highest BCUT2D eigenvalue weighted by atomic mass is 19.1. The fraction of sp³-hybridized carbons (Fsp3) is 0.400. The van der Waals surface area contributed by atoms with Crippen LogP contribution in [-0.4, -0.2) is 65.3 Å². The highest BCUT2D eigenvalue weighted by Gasteiger charge is 2.54. The molecule has 2 aromatic carbocycles. The van der Waals surface area contributed by atoms with Gasteiger partial charge in [-0.2, -0.15) is 5.10 Å². The molecule has 1 aromatic heterocycles. The van der Waals surface area contributed by atoms with Crippen LogP contribution in [0.2, 0.25) is 0 Å². The molecule has 7 rings (SSSR count). The van der Waals surface area contributed by atoms with Crippen molar-refractivity contribution >= 4 is 0 Å². The monoisotopic (exact) mass is 417 g/mol. The number of hydrogen-bond donors (Lipinski definition) is 2. The molecule has 6 heteroatoms.